The van der Waals surface area contributed by atoms with Crippen LogP contribution < -0.4 is 5.32 Å². The van der Waals surface area contributed by atoms with Gasteiger partial charge in [0, 0.05) is 19.5 Å². The van der Waals surface area contributed by atoms with E-state index in [1.807, 2.05) is 30.3 Å². The minimum atomic E-state index is -0.567. The molecule has 0 aliphatic carbocycles. The first kappa shape index (κ1) is 18.5. The lowest BCUT2D eigenvalue weighted by Gasteiger charge is -2.21. The molecule has 0 fully saturated rings. The number of rotatable bonds is 8. The summed E-state index contributed by atoms with van der Waals surface area (Å²) in [6, 6.07) is 9.33. The normalized spacial score (nSPS) is 9.83. The highest BCUT2D eigenvalue weighted by atomic mass is 16.5. The Kier molecular flexibility index (Phi) is 8.20. The van der Waals surface area contributed by atoms with Crippen molar-refractivity contribution < 1.29 is 23.9 Å². The zero-order valence-corrected chi connectivity index (χ0v) is 13.4. The van der Waals surface area contributed by atoms with Crippen LogP contribution in [-0.4, -0.2) is 49.7 Å². The van der Waals surface area contributed by atoms with Crippen molar-refractivity contribution in [2.24, 2.45) is 0 Å². The lowest BCUT2D eigenvalue weighted by molar-refractivity contribution is -0.147. The average molecular weight is 322 g/mol. The van der Waals surface area contributed by atoms with Crippen LogP contribution in [0.25, 0.3) is 0 Å². The number of amides is 2. The van der Waals surface area contributed by atoms with Gasteiger partial charge < -0.3 is 19.7 Å². The Morgan fingerprint density at radius 2 is 1.87 bits per heavy atom. The van der Waals surface area contributed by atoms with Gasteiger partial charge in [-0.25, -0.2) is 4.79 Å². The first-order valence-corrected chi connectivity index (χ1v) is 7.36. The third-order valence-corrected chi connectivity index (χ3v) is 3.00. The Labute approximate surface area is 135 Å². The molecule has 23 heavy (non-hydrogen) atoms. The van der Waals surface area contributed by atoms with Crippen LogP contribution in [0, 0.1) is 0 Å². The summed E-state index contributed by atoms with van der Waals surface area (Å²) in [7, 11) is 1.27. The predicted molar refractivity (Wildman–Crippen MR) is 83.5 cm³/mol. The zero-order chi connectivity index (χ0) is 17.1. The number of methoxy groups -OCH3 is 1. The number of alkyl carbamates (subject to hydrolysis) is 1. The summed E-state index contributed by atoms with van der Waals surface area (Å²) in [5.41, 5.74) is 0.906. The molecule has 7 heteroatoms. The number of nitrogens with zero attached hydrogens (tertiary/aromatic N) is 1. The van der Waals surface area contributed by atoms with Crippen molar-refractivity contribution in [3.05, 3.63) is 35.9 Å². The van der Waals surface area contributed by atoms with Crippen LogP contribution in [0.15, 0.2) is 30.3 Å². The number of hydrogen-bond donors (Lipinski definition) is 1. The van der Waals surface area contributed by atoms with Gasteiger partial charge in [-0.1, -0.05) is 30.3 Å². The highest BCUT2D eigenvalue weighted by Crippen LogP contribution is 2.06. The summed E-state index contributed by atoms with van der Waals surface area (Å²) in [5, 5.41) is 2.48. The zero-order valence-electron chi connectivity index (χ0n) is 13.4. The van der Waals surface area contributed by atoms with Crippen LogP contribution in [0.3, 0.4) is 0 Å². The first-order chi connectivity index (χ1) is 11.1. The van der Waals surface area contributed by atoms with Crippen molar-refractivity contribution in [2.45, 2.75) is 19.9 Å². The van der Waals surface area contributed by atoms with E-state index in [4.69, 9.17) is 4.74 Å². The summed E-state index contributed by atoms with van der Waals surface area (Å²) in [6.07, 6.45) is -0.495. The van der Waals surface area contributed by atoms with Crippen molar-refractivity contribution in [1.29, 1.82) is 0 Å². The molecule has 1 rings (SSSR count). The first-order valence-electron chi connectivity index (χ1n) is 7.36. The van der Waals surface area contributed by atoms with Crippen molar-refractivity contribution in [3.63, 3.8) is 0 Å². The van der Waals surface area contributed by atoms with E-state index in [1.54, 1.807) is 6.92 Å². The molecule has 0 aliphatic rings. The summed E-state index contributed by atoms with van der Waals surface area (Å²) in [6.45, 7) is 2.27. The number of carbonyl (C=O) groups excluding carboxylic acids is 3. The molecule has 0 unspecified atom stereocenters. The number of ether oxygens (including phenoxy) is 2. The van der Waals surface area contributed by atoms with Crippen LogP contribution in [0.5, 0.6) is 0 Å². The Morgan fingerprint density at radius 1 is 1.17 bits per heavy atom. The van der Waals surface area contributed by atoms with Gasteiger partial charge in [-0.2, -0.15) is 0 Å². The number of carbonyl (C=O) groups is 3. The Bertz CT molecular complexity index is 518. The molecule has 126 valence electrons. The van der Waals surface area contributed by atoms with Gasteiger partial charge in [0.2, 0.25) is 5.91 Å². The fraction of sp³-hybridized carbons (Fsp3) is 0.438. The molecule has 0 heterocycles. The quantitative estimate of drug-likeness (QED) is 0.730. The lowest BCUT2D eigenvalue weighted by Crippen LogP contribution is -2.38. The van der Waals surface area contributed by atoms with Gasteiger partial charge in [0.25, 0.3) is 0 Å². The highest BCUT2D eigenvalue weighted by Gasteiger charge is 2.18. The molecule has 0 atom stereocenters. The molecule has 7 nitrogen and oxygen atoms in total. The van der Waals surface area contributed by atoms with Crippen molar-refractivity contribution in [1.82, 2.24) is 10.2 Å². The van der Waals surface area contributed by atoms with E-state index in [9.17, 15) is 14.4 Å². The molecule has 0 aromatic heterocycles. The maximum atomic E-state index is 12.3. The Morgan fingerprint density at radius 3 is 2.48 bits per heavy atom. The number of esters is 1. The number of hydrogen-bond acceptors (Lipinski definition) is 5. The molecule has 0 saturated heterocycles. The fourth-order valence-electron chi connectivity index (χ4n) is 1.87. The molecule has 0 spiro atoms. The minimum Gasteiger partial charge on any atom is -0.468 e. The van der Waals surface area contributed by atoms with Crippen molar-refractivity contribution in [2.75, 3.05) is 26.8 Å². The lowest BCUT2D eigenvalue weighted by atomic mass is 10.2. The van der Waals surface area contributed by atoms with E-state index >= 15 is 0 Å². The summed E-state index contributed by atoms with van der Waals surface area (Å²) >= 11 is 0. The van der Waals surface area contributed by atoms with E-state index in [0.29, 0.717) is 6.54 Å². The van der Waals surface area contributed by atoms with Gasteiger partial charge >= 0.3 is 12.1 Å². The van der Waals surface area contributed by atoms with Crippen LogP contribution in [0.1, 0.15) is 18.9 Å². The molecule has 0 bridgehead atoms. The molecule has 0 radical (unpaired) electrons. The van der Waals surface area contributed by atoms with E-state index < -0.39 is 12.1 Å². The van der Waals surface area contributed by atoms with Gasteiger partial charge in [0.1, 0.15) is 6.54 Å². The maximum absolute atomic E-state index is 12.3. The predicted octanol–water partition coefficient (Wildman–Crippen LogP) is 1.32. The average Bonchev–Trinajstić information content (AvgIpc) is 2.55. The van der Waals surface area contributed by atoms with Crippen LogP contribution >= 0.6 is 0 Å². The highest BCUT2D eigenvalue weighted by molar-refractivity contribution is 5.82. The SMILES string of the molecule is CCOC(=O)NCCC(=O)N(CC(=O)OC)Cc1ccccc1. The molecule has 1 aromatic rings. The molecule has 2 amide bonds. The smallest absolute Gasteiger partial charge is 0.407 e. The standard InChI is InChI=1S/C16H22N2O5/c1-3-23-16(21)17-10-9-14(19)18(12-15(20)22-2)11-13-7-5-4-6-8-13/h4-8H,3,9-12H2,1-2H3,(H,17,21). The van der Waals surface area contributed by atoms with Gasteiger partial charge in [0.05, 0.1) is 13.7 Å². The molecular weight excluding hydrogens is 300 g/mol. The summed E-state index contributed by atoms with van der Waals surface area (Å²) in [4.78, 5) is 36.3. The third kappa shape index (κ3) is 7.30. The van der Waals surface area contributed by atoms with Crippen LogP contribution in [-0.2, 0) is 25.6 Å². The summed E-state index contributed by atoms with van der Waals surface area (Å²) < 4.78 is 9.33. The van der Waals surface area contributed by atoms with E-state index in [-0.39, 0.29) is 32.0 Å². The van der Waals surface area contributed by atoms with Gasteiger partial charge in [-0.15, -0.1) is 0 Å². The second-order valence-electron chi connectivity index (χ2n) is 4.71. The maximum Gasteiger partial charge on any atom is 0.407 e. The van der Waals surface area contributed by atoms with Crippen LogP contribution in [0.2, 0.25) is 0 Å². The second-order valence-corrected chi connectivity index (χ2v) is 4.71. The summed E-state index contributed by atoms with van der Waals surface area (Å²) in [5.74, 6) is -0.747. The van der Waals surface area contributed by atoms with Crippen molar-refractivity contribution in [3.8, 4) is 0 Å². The number of benzene rings is 1. The Balaban J connectivity index is 2.58. The Hall–Kier alpha value is -2.57. The molecule has 1 N–H and O–H groups in total. The van der Waals surface area contributed by atoms with Gasteiger partial charge in [-0.05, 0) is 12.5 Å². The molecule has 1 aromatic carbocycles. The van der Waals surface area contributed by atoms with Crippen molar-refractivity contribution >= 4 is 18.0 Å². The second kappa shape index (κ2) is 10.2. The molecule has 0 saturated carbocycles. The minimum absolute atomic E-state index is 0.0721. The van der Waals surface area contributed by atoms with Gasteiger partial charge in [-0.3, -0.25) is 9.59 Å². The van der Waals surface area contributed by atoms with E-state index in [2.05, 4.69) is 10.1 Å². The molecule has 0 aliphatic heterocycles. The largest absolute Gasteiger partial charge is 0.468 e. The van der Waals surface area contributed by atoms with E-state index in [1.165, 1.54) is 12.0 Å². The monoisotopic (exact) mass is 322 g/mol. The fourth-order valence-corrected chi connectivity index (χ4v) is 1.87. The van der Waals surface area contributed by atoms with E-state index in [0.717, 1.165) is 5.56 Å². The number of nitrogens with one attached hydrogen (secondary N) is 1. The van der Waals surface area contributed by atoms with Gasteiger partial charge in [0.15, 0.2) is 0 Å². The topological polar surface area (TPSA) is 84.9 Å². The molecular formula is C16H22N2O5. The van der Waals surface area contributed by atoms with Crippen LogP contribution in [0.4, 0.5) is 4.79 Å². The third-order valence-electron chi connectivity index (χ3n) is 3.00.